The zero-order valence-corrected chi connectivity index (χ0v) is 14.0. The molecule has 0 bridgehead atoms. The van der Waals surface area contributed by atoms with Crippen molar-refractivity contribution >= 4 is 16.7 Å². The van der Waals surface area contributed by atoms with Gasteiger partial charge in [-0.25, -0.2) is 0 Å². The summed E-state index contributed by atoms with van der Waals surface area (Å²) in [6.07, 6.45) is 1.44. The summed E-state index contributed by atoms with van der Waals surface area (Å²) in [5.41, 5.74) is -0.417. The number of hydrogen-bond acceptors (Lipinski definition) is 5. The van der Waals surface area contributed by atoms with E-state index in [-0.39, 0.29) is 0 Å². The number of aromatic nitrogens is 1. The highest BCUT2D eigenvalue weighted by molar-refractivity contribution is 5.92. The molecule has 0 saturated carbocycles. The van der Waals surface area contributed by atoms with Crippen LogP contribution in [0, 0.1) is 0 Å². The van der Waals surface area contributed by atoms with Gasteiger partial charge >= 0.3 is 5.97 Å². The molecular weight excluding hydrogens is 314 g/mol. The number of carboxylic acid groups (broad SMARTS) is 1. The minimum Gasteiger partial charge on any atom is -0.490 e. The van der Waals surface area contributed by atoms with E-state index in [0.29, 0.717) is 47.8 Å². The summed E-state index contributed by atoms with van der Waals surface area (Å²) in [4.78, 5) is 23.5. The fourth-order valence-electron chi connectivity index (χ4n) is 2.46. The van der Waals surface area contributed by atoms with Crippen molar-refractivity contribution in [3.63, 3.8) is 0 Å². The lowest BCUT2D eigenvalue weighted by atomic mass is 10.1. The fourth-order valence-corrected chi connectivity index (χ4v) is 2.46. The molecule has 0 aliphatic heterocycles. The van der Waals surface area contributed by atoms with E-state index in [0.717, 1.165) is 4.57 Å². The molecule has 0 saturated heterocycles. The van der Waals surface area contributed by atoms with Gasteiger partial charge in [0, 0.05) is 11.6 Å². The first-order valence-corrected chi connectivity index (χ1v) is 7.83. The van der Waals surface area contributed by atoms with Crippen molar-refractivity contribution in [3.05, 3.63) is 28.7 Å². The fraction of sp³-hybridized carbons (Fsp3) is 0.412. The highest BCUT2D eigenvalue weighted by Gasteiger charge is 2.20. The molecule has 0 atom stereocenters. The summed E-state index contributed by atoms with van der Waals surface area (Å²) >= 11 is 0. The predicted molar refractivity (Wildman–Crippen MR) is 89.4 cm³/mol. The summed E-state index contributed by atoms with van der Waals surface area (Å²) in [6, 6.07) is 3.23. The van der Waals surface area contributed by atoms with Gasteiger partial charge < -0.3 is 23.9 Å². The Morgan fingerprint density at radius 3 is 2.25 bits per heavy atom. The third-order valence-electron chi connectivity index (χ3n) is 3.34. The molecule has 0 fully saturated rings. The molecule has 2 aromatic rings. The van der Waals surface area contributed by atoms with Crippen molar-refractivity contribution in [2.45, 2.75) is 27.3 Å². The summed E-state index contributed by atoms with van der Waals surface area (Å²) < 4.78 is 18.1. The monoisotopic (exact) mass is 335 g/mol. The SMILES string of the molecule is CCOc1cc2c(=O)n(CC(=O)O)ccc2c(OCC)c1OCC. The molecule has 1 N–H and O–H groups in total. The first-order valence-electron chi connectivity index (χ1n) is 7.83. The molecule has 2 rings (SSSR count). The van der Waals surface area contributed by atoms with Crippen molar-refractivity contribution in [3.8, 4) is 17.2 Å². The lowest BCUT2D eigenvalue weighted by molar-refractivity contribution is -0.137. The minimum absolute atomic E-state index is 0.328. The number of nitrogens with zero attached hydrogens (tertiary/aromatic N) is 1. The van der Waals surface area contributed by atoms with E-state index in [1.165, 1.54) is 6.20 Å². The Morgan fingerprint density at radius 1 is 1.04 bits per heavy atom. The summed E-state index contributed by atoms with van der Waals surface area (Å²) in [5.74, 6) is 0.196. The maximum absolute atomic E-state index is 12.6. The Morgan fingerprint density at radius 2 is 1.67 bits per heavy atom. The van der Waals surface area contributed by atoms with Crippen molar-refractivity contribution in [2.75, 3.05) is 19.8 Å². The Bertz CT molecular complexity index is 796. The number of carboxylic acids is 1. The Kier molecular flexibility index (Phi) is 5.68. The maximum Gasteiger partial charge on any atom is 0.323 e. The van der Waals surface area contributed by atoms with E-state index in [1.54, 1.807) is 12.1 Å². The van der Waals surface area contributed by atoms with Crippen molar-refractivity contribution in [2.24, 2.45) is 0 Å². The van der Waals surface area contributed by atoms with Crippen LogP contribution in [0.3, 0.4) is 0 Å². The van der Waals surface area contributed by atoms with Crippen LogP contribution < -0.4 is 19.8 Å². The molecule has 130 valence electrons. The van der Waals surface area contributed by atoms with Crippen LogP contribution in [0.15, 0.2) is 23.1 Å². The molecule has 24 heavy (non-hydrogen) atoms. The van der Waals surface area contributed by atoms with Gasteiger partial charge in [-0.2, -0.15) is 0 Å². The number of hydrogen-bond donors (Lipinski definition) is 1. The van der Waals surface area contributed by atoms with Gasteiger partial charge in [0.2, 0.25) is 5.75 Å². The second-order valence-electron chi connectivity index (χ2n) is 4.94. The molecule has 0 spiro atoms. The van der Waals surface area contributed by atoms with E-state index in [9.17, 15) is 9.59 Å². The lowest BCUT2D eigenvalue weighted by Crippen LogP contribution is -2.23. The van der Waals surface area contributed by atoms with Crippen LogP contribution in [0.2, 0.25) is 0 Å². The summed E-state index contributed by atoms with van der Waals surface area (Å²) in [5, 5.41) is 9.82. The topological polar surface area (TPSA) is 87.0 Å². The number of ether oxygens (including phenoxy) is 3. The van der Waals surface area contributed by atoms with Gasteiger partial charge in [-0.05, 0) is 32.9 Å². The van der Waals surface area contributed by atoms with E-state index in [2.05, 4.69) is 0 Å². The maximum atomic E-state index is 12.6. The molecule has 1 aromatic heterocycles. The molecule has 0 aliphatic carbocycles. The van der Waals surface area contributed by atoms with Crippen LogP contribution in [0.5, 0.6) is 17.2 Å². The van der Waals surface area contributed by atoms with Crippen LogP contribution in [-0.4, -0.2) is 35.5 Å². The molecular formula is C17H21NO6. The highest BCUT2D eigenvalue weighted by atomic mass is 16.5. The Hall–Kier alpha value is -2.70. The molecule has 0 aliphatic rings. The normalized spacial score (nSPS) is 10.6. The Labute approximate surface area is 139 Å². The summed E-state index contributed by atoms with van der Waals surface area (Å²) in [6.45, 7) is 6.31. The van der Waals surface area contributed by atoms with Gasteiger partial charge in [0.1, 0.15) is 6.54 Å². The van der Waals surface area contributed by atoms with Gasteiger partial charge in [-0.3, -0.25) is 9.59 Å². The van der Waals surface area contributed by atoms with Gasteiger partial charge in [-0.1, -0.05) is 0 Å². The van der Waals surface area contributed by atoms with Crippen molar-refractivity contribution in [1.82, 2.24) is 4.57 Å². The Balaban J connectivity index is 2.78. The highest BCUT2D eigenvalue weighted by Crippen LogP contribution is 2.43. The van der Waals surface area contributed by atoms with Crippen LogP contribution in [0.4, 0.5) is 0 Å². The van der Waals surface area contributed by atoms with E-state index >= 15 is 0 Å². The number of aliphatic carboxylic acids is 1. The zero-order valence-electron chi connectivity index (χ0n) is 14.0. The number of fused-ring (bicyclic) bond motifs is 1. The molecule has 1 heterocycles. The number of carbonyl (C=O) groups is 1. The quantitative estimate of drug-likeness (QED) is 0.796. The third kappa shape index (κ3) is 3.45. The molecule has 1 aromatic carbocycles. The average molecular weight is 335 g/mol. The molecule has 7 heteroatoms. The van der Waals surface area contributed by atoms with Crippen molar-refractivity contribution < 1.29 is 24.1 Å². The molecule has 7 nitrogen and oxygen atoms in total. The lowest BCUT2D eigenvalue weighted by Gasteiger charge is -2.18. The first kappa shape index (κ1) is 17.7. The predicted octanol–water partition coefficient (Wildman–Crippen LogP) is 2.28. The first-order chi connectivity index (χ1) is 11.5. The molecule has 0 unspecified atom stereocenters. The average Bonchev–Trinajstić information content (AvgIpc) is 2.53. The third-order valence-corrected chi connectivity index (χ3v) is 3.34. The zero-order chi connectivity index (χ0) is 17.7. The second kappa shape index (κ2) is 7.72. The van der Waals surface area contributed by atoms with E-state index in [1.807, 2.05) is 20.8 Å². The van der Waals surface area contributed by atoms with Gasteiger partial charge in [-0.15, -0.1) is 0 Å². The van der Waals surface area contributed by atoms with Crippen molar-refractivity contribution in [1.29, 1.82) is 0 Å². The van der Waals surface area contributed by atoms with Crippen LogP contribution >= 0.6 is 0 Å². The standard InChI is InChI=1S/C17H21NO6/c1-4-22-13-9-12-11(15(23-5-2)16(13)24-6-3)7-8-18(17(12)21)10-14(19)20/h7-9H,4-6,10H2,1-3H3,(H,19,20). The van der Waals surface area contributed by atoms with E-state index < -0.39 is 18.1 Å². The van der Waals surface area contributed by atoms with Gasteiger partial charge in [0.05, 0.1) is 25.2 Å². The smallest absolute Gasteiger partial charge is 0.323 e. The minimum atomic E-state index is -1.09. The van der Waals surface area contributed by atoms with E-state index in [4.69, 9.17) is 19.3 Å². The van der Waals surface area contributed by atoms with Crippen LogP contribution in [-0.2, 0) is 11.3 Å². The molecule has 0 radical (unpaired) electrons. The second-order valence-corrected chi connectivity index (χ2v) is 4.94. The number of benzene rings is 1. The number of rotatable bonds is 8. The largest absolute Gasteiger partial charge is 0.490 e. The van der Waals surface area contributed by atoms with Gasteiger partial charge in [0.15, 0.2) is 11.5 Å². The molecule has 0 amide bonds. The van der Waals surface area contributed by atoms with Crippen LogP contribution in [0.1, 0.15) is 20.8 Å². The van der Waals surface area contributed by atoms with Crippen LogP contribution in [0.25, 0.3) is 10.8 Å². The van der Waals surface area contributed by atoms with Gasteiger partial charge in [0.25, 0.3) is 5.56 Å². The number of pyridine rings is 1. The summed E-state index contributed by atoms with van der Waals surface area (Å²) in [7, 11) is 0.